The van der Waals surface area contributed by atoms with Gasteiger partial charge in [0.05, 0.1) is 6.20 Å². The second-order valence-electron chi connectivity index (χ2n) is 5.44. The zero-order valence-corrected chi connectivity index (χ0v) is 12.7. The molecule has 0 N–H and O–H groups in total. The van der Waals surface area contributed by atoms with E-state index in [0.717, 1.165) is 18.7 Å². The number of halogens is 1. The first-order chi connectivity index (χ1) is 8.62. The van der Waals surface area contributed by atoms with Gasteiger partial charge < -0.3 is 4.42 Å². The largest absolute Gasteiger partial charge is 0.429 e. The minimum absolute atomic E-state index is 0.0525. The number of rotatable bonds is 9. The molecule has 1 atom stereocenters. The molecule has 104 valence electrons. The van der Waals surface area contributed by atoms with Gasteiger partial charge in [-0.25, -0.2) is 4.98 Å². The Morgan fingerprint density at radius 3 is 2.33 bits per heavy atom. The Labute approximate surface area is 116 Å². The second-order valence-corrected chi connectivity index (χ2v) is 5.82. The van der Waals surface area contributed by atoms with Gasteiger partial charge in [0.25, 0.3) is 0 Å². The van der Waals surface area contributed by atoms with Crippen LogP contribution < -0.4 is 0 Å². The maximum absolute atomic E-state index is 5.86. The van der Waals surface area contributed by atoms with Crippen LogP contribution in [-0.2, 0) is 5.41 Å². The standard InChI is InChI=1S/C15H26ClNO/c1-4-6-8-9-11-15(3,10-7-5-2)14-17-12-13(16)18-14/h12H,4-11H2,1-3H3. The Bertz CT molecular complexity index is 337. The molecule has 1 rings (SSSR count). The first kappa shape index (κ1) is 15.6. The summed E-state index contributed by atoms with van der Waals surface area (Å²) in [6.07, 6.45) is 11.4. The summed E-state index contributed by atoms with van der Waals surface area (Å²) in [7, 11) is 0. The molecule has 1 aromatic rings. The van der Waals surface area contributed by atoms with Gasteiger partial charge in [-0.05, 0) is 24.4 Å². The van der Waals surface area contributed by atoms with E-state index in [9.17, 15) is 0 Å². The molecule has 0 radical (unpaired) electrons. The summed E-state index contributed by atoms with van der Waals surface area (Å²) in [6, 6.07) is 0. The lowest BCUT2D eigenvalue weighted by Crippen LogP contribution is -2.22. The van der Waals surface area contributed by atoms with Crippen molar-refractivity contribution in [1.29, 1.82) is 0 Å². The zero-order chi connectivity index (χ0) is 13.4. The number of nitrogens with zero attached hydrogens (tertiary/aromatic N) is 1. The highest BCUT2D eigenvalue weighted by molar-refractivity contribution is 6.28. The molecule has 0 amide bonds. The minimum Gasteiger partial charge on any atom is -0.429 e. The monoisotopic (exact) mass is 271 g/mol. The normalized spacial score (nSPS) is 14.7. The Kier molecular flexibility index (Phi) is 6.77. The van der Waals surface area contributed by atoms with Crippen LogP contribution in [0.4, 0.5) is 0 Å². The lowest BCUT2D eigenvalue weighted by atomic mass is 9.80. The SMILES string of the molecule is CCCCCCC(C)(CCCC)c1ncc(Cl)o1. The summed E-state index contributed by atoms with van der Waals surface area (Å²) in [5.41, 5.74) is 0.0525. The van der Waals surface area contributed by atoms with Crippen molar-refractivity contribution in [2.75, 3.05) is 0 Å². The third-order valence-electron chi connectivity index (χ3n) is 3.66. The van der Waals surface area contributed by atoms with E-state index in [0.29, 0.717) is 5.22 Å². The van der Waals surface area contributed by atoms with E-state index in [1.165, 1.54) is 38.5 Å². The molecule has 0 saturated carbocycles. The third kappa shape index (κ3) is 4.64. The fourth-order valence-electron chi connectivity index (χ4n) is 2.38. The fourth-order valence-corrected chi connectivity index (χ4v) is 2.50. The fraction of sp³-hybridized carbons (Fsp3) is 0.800. The van der Waals surface area contributed by atoms with Gasteiger partial charge in [0, 0.05) is 5.41 Å². The summed E-state index contributed by atoms with van der Waals surface area (Å²) >= 11 is 5.86. The molecular weight excluding hydrogens is 246 g/mol. The molecule has 0 saturated heterocycles. The maximum Gasteiger partial charge on any atom is 0.213 e. The minimum atomic E-state index is 0.0525. The van der Waals surface area contributed by atoms with Crippen molar-refractivity contribution in [3.05, 3.63) is 17.3 Å². The van der Waals surface area contributed by atoms with Gasteiger partial charge in [0.15, 0.2) is 0 Å². The Balaban J connectivity index is 2.62. The predicted octanol–water partition coefficient (Wildman–Crippen LogP) is 5.75. The molecule has 0 aliphatic rings. The van der Waals surface area contributed by atoms with Crippen LogP contribution in [0.15, 0.2) is 10.6 Å². The van der Waals surface area contributed by atoms with E-state index in [2.05, 4.69) is 25.8 Å². The van der Waals surface area contributed by atoms with Crippen molar-refractivity contribution < 1.29 is 4.42 Å². The van der Waals surface area contributed by atoms with E-state index in [-0.39, 0.29) is 5.41 Å². The van der Waals surface area contributed by atoms with Gasteiger partial charge in [-0.2, -0.15) is 0 Å². The zero-order valence-electron chi connectivity index (χ0n) is 12.0. The quantitative estimate of drug-likeness (QED) is 0.535. The van der Waals surface area contributed by atoms with Crippen LogP contribution in [0.5, 0.6) is 0 Å². The van der Waals surface area contributed by atoms with Crippen LogP contribution in [0.25, 0.3) is 0 Å². The summed E-state index contributed by atoms with van der Waals surface area (Å²) < 4.78 is 5.56. The molecule has 0 fully saturated rings. The topological polar surface area (TPSA) is 26.0 Å². The van der Waals surface area contributed by atoms with Crippen LogP contribution >= 0.6 is 11.6 Å². The summed E-state index contributed by atoms with van der Waals surface area (Å²) in [5, 5.41) is 0.404. The first-order valence-electron chi connectivity index (χ1n) is 7.24. The van der Waals surface area contributed by atoms with Gasteiger partial charge in [0.1, 0.15) is 0 Å². The van der Waals surface area contributed by atoms with Crippen LogP contribution in [0.3, 0.4) is 0 Å². The Morgan fingerprint density at radius 2 is 1.78 bits per heavy atom. The van der Waals surface area contributed by atoms with Crippen LogP contribution in [-0.4, -0.2) is 4.98 Å². The number of unbranched alkanes of at least 4 members (excludes halogenated alkanes) is 4. The van der Waals surface area contributed by atoms with Gasteiger partial charge in [0.2, 0.25) is 11.1 Å². The van der Waals surface area contributed by atoms with Crippen LogP contribution in [0.1, 0.15) is 78.0 Å². The van der Waals surface area contributed by atoms with Gasteiger partial charge >= 0.3 is 0 Å². The summed E-state index contributed by atoms with van der Waals surface area (Å²) in [6.45, 7) is 6.72. The van der Waals surface area contributed by atoms with Gasteiger partial charge in [-0.3, -0.25) is 0 Å². The molecule has 18 heavy (non-hydrogen) atoms. The summed E-state index contributed by atoms with van der Waals surface area (Å²) in [5.74, 6) is 0.817. The van der Waals surface area contributed by atoms with E-state index >= 15 is 0 Å². The molecule has 0 spiro atoms. The van der Waals surface area contributed by atoms with Crippen molar-refractivity contribution in [2.24, 2.45) is 0 Å². The van der Waals surface area contributed by atoms with Crippen molar-refractivity contribution in [3.8, 4) is 0 Å². The smallest absolute Gasteiger partial charge is 0.213 e. The molecule has 1 heterocycles. The number of oxazole rings is 1. The highest BCUT2D eigenvalue weighted by Gasteiger charge is 2.30. The maximum atomic E-state index is 5.86. The molecule has 0 aromatic carbocycles. The van der Waals surface area contributed by atoms with Crippen LogP contribution in [0, 0.1) is 0 Å². The lowest BCUT2D eigenvalue weighted by molar-refractivity contribution is 0.290. The molecular formula is C15H26ClNO. The average Bonchev–Trinajstić information content (AvgIpc) is 2.80. The van der Waals surface area contributed by atoms with E-state index < -0.39 is 0 Å². The molecule has 3 heteroatoms. The number of aromatic nitrogens is 1. The lowest BCUT2D eigenvalue weighted by Gasteiger charge is -2.26. The average molecular weight is 272 g/mol. The third-order valence-corrected chi connectivity index (χ3v) is 3.83. The van der Waals surface area contributed by atoms with Crippen molar-refractivity contribution >= 4 is 11.6 Å². The van der Waals surface area contributed by atoms with Crippen LogP contribution in [0.2, 0.25) is 5.22 Å². The first-order valence-corrected chi connectivity index (χ1v) is 7.62. The van der Waals surface area contributed by atoms with E-state index in [4.69, 9.17) is 16.0 Å². The predicted molar refractivity (Wildman–Crippen MR) is 77.1 cm³/mol. The van der Waals surface area contributed by atoms with Crippen molar-refractivity contribution in [3.63, 3.8) is 0 Å². The van der Waals surface area contributed by atoms with E-state index in [1.54, 1.807) is 6.20 Å². The van der Waals surface area contributed by atoms with E-state index in [1.807, 2.05) is 0 Å². The Morgan fingerprint density at radius 1 is 1.11 bits per heavy atom. The number of hydrogen-bond donors (Lipinski definition) is 0. The molecule has 0 bridgehead atoms. The number of hydrogen-bond acceptors (Lipinski definition) is 2. The highest BCUT2D eigenvalue weighted by atomic mass is 35.5. The molecule has 1 aromatic heterocycles. The molecule has 2 nitrogen and oxygen atoms in total. The van der Waals surface area contributed by atoms with Gasteiger partial charge in [-0.1, -0.05) is 59.3 Å². The molecule has 0 aliphatic carbocycles. The summed E-state index contributed by atoms with van der Waals surface area (Å²) in [4.78, 5) is 4.34. The second kappa shape index (κ2) is 7.83. The molecule has 1 unspecified atom stereocenters. The highest BCUT2D eigenvalue weighted by Crippen LogP contribution is 2.35. The van der Waals surface area contributed by atoms with Crippen molar-refractivity contribution in [2.45, 2.75) is 77.6 Å². The Hall–Kier alpha value is -0.500. The van der Waals surface area contributed by atoms with Crippen molar-refractivity contribution in [1.82, 2.24) is 4.98 Å². The van der Waals surface area contributed by atoms with Gasteiger partial charge in [-0.15, -0.1) is 0 Å². The molecule has 0 aliphatic heterocycles.